The molecule has 0 radical (unpaired) electrons. The molecule has 0 unspecified atom stereocenters. The summed E-state index contributed by atoms with van der Waals surface area (Å²) in [7, 11) is 0. The predicted molar refractivity (Wildman–Crippen MR) is 119 cm³/mol. The first-order valence-electron chi connectivity index (χ1n) is 11.2. The average molecular weight is 401 g/mol. The Morgan fingerprint density at radius 3 is 2.27 bits per heavy atom. The highest BCUT2D eigenvalue weighted by molar-refractivity contribution is 6.37. The van der Waals surface area contributed by atoms with Gasteiger partial charge in [-0.05, 0) is 43.4 Å². The van der Waals surface area contributed by atoms with Crippen LogP contribution in [0.1, 0.15) is 55.2 Å². The maximum atomic E-state index is 13.8. The molecule has 30 heavy (non-hydrogen) atoms. The van der Waals surface area contributed by atoms with Gasteiger partial charge in [-0.15, -0.1) is 0 Å². The van der Waals surface area contributed by atoms with Crippen molar-refractivity contribution in [3.8, 4) is 0 Å². The lowest BCUT2D eigenvalue weighted by atomic mass is 10.0. The smallest absolute Gasteiger partial charge is 0.278 e. The standard InChI is InChI=1S/C26H28N2O2/c1-18-12-14-20(15-13-18)23-24(27-17-16-19-8-6-7-11-22(19)27)26(30)28(25(23)29)21-9-4-2-3-5-10-21/h6-8,11-15,21H,2-5,9-10,16-17H2,1H3. The molecule has 2 amide bonds. The molecule has 2 aromatic rings. The van der Waals surface area contributed by atoms with Crippen molar-refractivity contribution in [3.63, 3.8) is 0 Å². The second-order valence-electron chi connectivity index (χ2n) is 8.75. The molecule has 0 N–H and O–H groups in total. The fraction of sp³-hybridized carbons (Fsp3) is 0.385. The molecule has 5 rings (SSSR count). The van der Waals surface area contributed by atoms with E-state index in [1.165, 1.54) is 18.4 Å². The van der Waals surface area contributed by atoms with Gasteiger partial charge in [0.2, 0.25) is 0 Å². The maximum Gasteiger partial charge on any atom is 0.278 e. The van der Waals surface area contributed by atoms with E-state index in [1.54, 1.807) is 4.90 Å². The van der Waals surface area contributed by atoms with E-state index in [0.717, 1.165) is 55.5 Å². The van der Waals surface area contributed by atoms with Crippen LogP contribution in [0.5, 0.6) is 0 Å². The van der Waals surface area contributed by atoms with E-state index < -0.39 is 0 Å². The molecule has 0 atom stereocenters. The fourth-order valence-electron chi connectivity index (χ4n) is 5.18. The Kier molecular flexibility index (Phi) is 4.93. The van der Waals surface area contributed by atoms with Gasteiger partial charge in [-0.1, -0.05) is 73.7 Å². The number of rotatable bonds is 3. The molecule has 2 aromatic carbocycles. The Labute approximate surface area is 178 Å². The van der Waals surface area contributed by atoms with Crippen molar-refractivity contribution in [2.24, 2.45) is 0 Å². The summed E-state index contributed by atoms with van der Waals surface area (Å²) in [6.45, 7) is 2.77. The molecule has 3 aliphatic rings. The van der Waals surface area contributed by atoms with Gasteiger partial charge in [-0.3, -0.25) is 14.5 Å². The van der Waals surface area contributed by atoms with E-state index >= 15 is 0 Å². The summed E-state index contributed by atoms with van der Waals surface area (Å²) >= 11 is 0. The van der Waals surface area contributed by atoms with Crippen LogP contribution in [0.2, 0.25) is 0 Å². The molecule has 154 valence electrons. The molecule has 2 aliphatic heterocycles. The van der Waals surface area contributed by atoms with Gasteiger partial charge < -0.3 is 4.90 Å². The maximum absolute atomic E-state index is 13.8. The summed E-state index contributed by atoms with van der Waals surface area (Å²) in [5.74, 6) is -0.227. The Balaban J connectivity index is 1.61. The molecular weight excluding hydrogens is 372 g/mol. The molecule has 0 saturated heterocycles. The number of fused-ring (bicyclic) bond motifs is 1. The van der Waals surface area contributed by atoms with E-state index in [9.17, 15) is 9.59 Å². The number of benzene rings is 2. The number of carbonyl (C=O) groups excluding carboxylic acids is 2. The van der Waals surface area contributed by atoms with Gasteiger partial charge in [0.1, 0.15) is 5.70 Å². The number of amides is 2. The van der Waals surface area contributed by atoms with Gasteiger partial charge in [0.15, 0.2) is 0 Å². The molecule has 0 bridgehead atoms. The van der Waals surface area contributed by atoms with Crippen LogP contribution >= 0.6 is 0 Å². The quantitative estimate of drug-likeness (QED) is 0.546. The largest absolute Gasteiger partial charge is 0.336 e. The van der Waals surface area contributed by atoms with Crippen LogP contribution in [0.25, 0.3) is 5.57 Å². The van der Waals surface area contributed by atoms with Crippen molar-refractivity contribution in [3.05, 3.63) is 70.9 Å². The van der Waals surface area contributed by atoms with E-state index in [4.69, 9.17) is 0 Å². The molecule has 4 nitrogen and oxygen atoms in total. The number of aryl methyl sites for hydroxylation is 1. The number of hydrogen-bond donors (Lipinski definition) is 0. The van der Waals surface area contributed by atoms with Crippen LogP contribution < -0.4 is 4.90 Å². The molecule has 2 heterocycles. The van der Waals surface area contributed by atoms with E-state index in [-0.39, 0.29) is 17.9 Å². The van der Waals surface area contributed by atoms with Crippen molar-refractivity contribution < 1.29 is 9.59 Å². The van der Waals surface area contributed by atoms with Crippen LogP contribution in [0.15, 0.2) is 54.2 Å². The van der Waals surface area contributed by atoms with Crippen molar-refractivity contribution in [2.75, 3.05) is 11.4 Å². The number of imide groups is 1. The van der Waals surface area contributed by atoms with Crippen molar-refractivity contribution in [2.45, 2.75) is 57.9 Å². The summed E-state index contributed by atoms with van der Waals surface area (Å²) in [5.41, 5.74) is 5.42. The van der Waals surface area contributed by atoms with Gasteiger partial charge in [-0.2, -0.15) is 0 Å². The van der Waals surface area contributed by atoms with E-state index in [1.807, 2.05) is 43.3 Å². The van der Waals surface area contributed by atoms with Crippen LogP contribution in [0.3, 0.4) is 0 Å². The highest BCUT2D eigenvalue weighted by Gasteiger charge is 2.45. The van der Waals surface area contributed by atoms with E-state index in [2.05, 4.69) is 17.0 Å². The normalized spacial score (nSPS) is 20.2. The second-order valence-corrected chi connectivity index (χ2v) is 8.75. The lowest BCUT2D eigenvalue weighted by Crippen LogP contribution is -2.42. The second kappa shape index (κ2) is 7.75. The summed E-state index contributed by atoms with van der Waals surface area (Å²) in [6, 6.07) is 16.2. The number of carbonyl (C=O) groups is 2. The minimum atomic E-state index is -0.116. The SMILES string of the molecule is Cc1ccc(C2=C(N3CCc4ccccc43)C(=O)N(C3CCCCCC3)C2=O)cc1. The van der Waals surface area contributed by atoms with Gasteiger partial charge in [-0.25, -0.2) is 0 Å². The summed E-state index contributed by atoms with van der Waals surface area (Å²) in [6.07, 6.45) is 7.29. The van der Waals surface area contributed by atoms with Crippen molar-refractivity contribution in [1.29, 1.82) is 0 Å². The molecule has 1 aliphatic carbocycles. The Morgan fingerprint density at radius 2 is 1.53 bits per heavy atom. The Morgan fingerprint density at radius 1 is 0.833 bits per heavy atom. The lowest BCUT2D eigenvalue weighted by molar-refractivity contribution is -0.139. The third kappa shape index (κ3) is 3.15. The van der Waals surface area contributed by atoms with Crippen molar-refractivity contribution >= 4 is 23.1 Å². The fourth-order valence-corrected chi connectivity index (χ4v) is 5.18. The summed E-state index contributed by atoms with van der Waals surface area (Å²) < 4.78 is 0. The van der Waals surface area contributed by atoms with Crippen LogP contribution in [-0.4, -0.2) is 29.3 Å². The van der Waals surface area contributed by atoms with Gasteiger partial charge >= 0.3 is 0 Å². The molecule has 0 aromatic heterocycles. The minimum absolute atomic E-state index is 0.0169. The number of nitrogens with zero attached hydrogens (tertiary/aromatic N) is 2. The highest BCUT2D eigenvalue weighted by atomic mass is 16.2. The van der Waals surface area contributed by atoms with Crippen LogP contribution in [-0.2, 0) is 16.0 Å². The molecular formula is C26H28N2O2. The van der Waals surface area contributed by atoms with Gasteiger partial charge in [0.25, 0.3) is 11.8 Å². The number of para-hydroxylation sites is 1. The predicted octanol–water partition coefficient (Wildman–Crippen LogP) is 4.86. The zero-order valence-corrected chi connectivity index (χ0v) is 17.6. The average Bonchev–Trinajstić information content (AvgIpc) is 3.14. The number of anilines is 1. The first-order valence-corrected chi connectivity index (χ1v) is 11.2. The Hall–Kier alpha value is -2.88. The molecule has 4 heteroatoms. The number of hydrogen-bond acceptors (Lipinski definition) is 3. The lowest BCUT2D eigenvalue weighted by Gasteiger charge is -2.27. The van der Waals surface area contributed by atoms with Crippen LogP contribution in [0, 0.1) is 6.92 Å². The molecule has 1 fully saturated rings. The zero-order chi connectivity index (χ0) is 20.7. The summed E-state index contributed by atoms with van der Waals surface area (Å²) in [4.78, 5) is 31.2. The monoisotopic (exact) mass is 400 g/mol. The van der Waals surface area contributed by atoms with Crippen LogP contribution in [0.4, 0.5) is 5.69 Å². The van der Waals surface area contributed by atoms with E-state index in [0.29, 0.717) is 11.3 Å². The van der Waals surface area contributed by atoms with Crippen molar-refractivity contribution in [1.82, 2.24) is 4.90 Å². The Bertz CT molecular complexity index is 1010. The molecule has 1 saturated carbocycles. The van der Waals surface area contributed by atoms with Gasteiger partial charge in [0, 0.05) is 18.3 Å². The summed E-state index contributed by atoms with van der Waals surface area (Å²) in [5, 5.41) is 0. The topological polar surface area (TPSA) is 40.6 Å². The third-order valence-electron chi connectivity index (χ3n) is 6.78. The third-order valence-corrected chi connectivity index (χ3v) is 6.78. The highest BCUT2D eigenvalue weighted by Crippen LogP contribution is 2.40. The minimum Gasteiger partial charge on any atom is -0.336 e. The molecule has 0 spiro atoms. The first kappa shape index (κ1) is 19.1. The zero-order valence-electron chi connectivity index (χ0n) is 17.6. The first-order chi connectivity index (χ1) is 14.6. The van der Waals surface area contributed by atoms with Gasteiger partial charge in [0.05, 0.1) is 5.57 Å².